The first-order valence-electron chi connectivity index (χ1n) is 10.5. The van der Waals surface area contributed by atoms with Crippen LogP contribution in [0.3, 0.4) is 0 Å². The Labute approximate surface area is 175 Å². The van der Waals surface area contributed by atoms with Gasteiger partial charge in [0.1, 0.15) is 6.04 Å². The van der Waals surface area contributed by atoms with Gasteiger partial charge < -0.3 is 10.6 Å². The lowest BCUT2D eigenvalue weighted by molar-refractivity contribution is -0.124. The van der Waals surface area contributed by atoms with Crippen LogP contribution < -0.4 is 10.6 Å². The summed E-state index contributed by atoms with van der Waals surface area (Å²) in [5.74, 6) is -0.298. The molecule has 0 heterocycles. The van der Waals surface area contributed by atoms with Gasteiger partial charge in [-0.05, 0) is 41.0 Å². The van der Waals surface area contributed by atoms with Gasteiger partial charge in [-0.2, -0.15) is 0 Å². The molecule has 4 heteroatoms. The van der Waals surface area contributed by atoms with E-state index in [1.54, 1.807) is 0 Å². The number of hydrogen-bond donors (Lipinski definition) is 2. The van der Waals surface area contributed by atoms with Crippen molar-refractivity contribution in [1.29, 1.82) is 0 Å². The van der Waals surface area contributed by atoms with Crippen molar-refractivity contribution in [1.82, 2.24) is 10.6 Å². The molecule has 0 aliphatic rings. The number of rotatable bonds is 8. The molecule has 0 aliphatic carbocycles. The maximum Gasteiger partial charge on any atom is 0.251 e. The third-order valence-corrected chi connectivity index (χ3v) is 5.35. The third kappa shape index (κ3) is 6.74. The summed E-state index contributed by atoms with van der Waals surface area (Å²) >= 11 is 0. The molecule has 0 spiro atoms. The van der Waals surface area contributed by atoms with E-state index >= 15 is 0 Å². The van der Waals surface area contributed by atoms with Crippen LogP contribution >= 0.6 is 0 Å². The molecule has 156 valence electrons. The number of hydrogen-bond acceptors (Lipinski definition) is 2. The van der Waals surface area contributed by atoms with Crippen molar-refractivity contribution in [3.63, 3.8) is 0 Å². The number of amides is 2. The van der Waals surface area contributed by atoms with Gasteiger partial charge in [-0.15, -0.1) is 0 Å². The van der Waals surface area contributed by atoms with E-state index in [0.717, 1.165) is 12.8 Å². The zero-order valence-corrected chi connectivity index (χ0v) is 18.3. The van der Waals surface area contributed by atoms with Crippen LogP contribution in [0.15, 0.2) is 54.6 Å². The van der Waals surface area contributed by atoms with Gasteiger partial charge in [-0.1, -0.05) is 83.5 Å². The molecule has 2 atom stereocenters. The van der Waals surface area contributed by atoms with Crippen molar-refractivity contribution in [2.75, 3.05) is 6.54 Å². The van der Waals surface area contributed by atoms with E-state index < -0.39 is 6.04 Å². The van der Waals surface area contributed by atoms with E-state index in [1.807, 2.05) is 68.4 Å². The minimum atomic E-state index is -0.550. The molecule has 2 amide bonds. The minimum absolute atomic E-state index is 0.0346. The smallest absolute Gasteiger partial charge is 0.251 e. The van der Waals surface area contributed by atoms with Crippen LogP contribution in [0.4, 0.5) is 0 Å². The predicted octanol–water partition coefficient (Wildman–Crippen LogP) is 4.49. The van der Waals surface area contributed by atoms with Gasteiger partial charge in [0, 0.05) is 12.1 Å². The van der Waals surface area contributed by atoms with E-state index in [9.17, 15) is 9.59 Å². The van der Waals surface area contributed by atoms with Crippen molar-refractivity contribution in [3.8, 4) is 0 Å². The lowest BCUT2D eigenvalue weighted by Gasteiger charge is -2.24. The maximum absolute atomic E-state index is 12.8. The largest absolute Gasteiger partial charge is 0.354 e. The Morgan fingerprint density at radius 3 is 2.14 bits per heavy atom. The first-order valence-corrected chi connectivity index (χ1v) is 10.5. The van der Waals surface area contributed by atoms with Gasteiger partial charge in [-0.25, -0.2) is 0 Å². The molecule has 2 aromatic carbocycles. The van der Waals surface area contributed by atoms with Crippen LogP contribution in [-0.2, 0) is 16.6 Å². The van der Waals surface area contributed by atoms with E-state index in [-0.39, 0.29) is 23.1 Å². The zero-order chi connectivity index (χ0) is 21.4. The molecular formula is C25H34N2O2. The van der Waals surface area contributed by atoms with Crippen LogP contribution in [0.1, 0.15) is 62.5 Å². The van der Waals surface area contributed by atoms with Crippen LogP contribution in [0, 0.1) is 5.92 Å². The molecule has 2 rings (SSSR count). The van der Waals surface area contributed by atoms with Gasteiger partial charge in [0.05, 0.1) is 0 Å². The van der Waals surface area contributed by atoms with Crippen LogP contribution in [0.5, 0.6) is 0 Å². The highest BCUT2D eigenvalue weighted by Crippen LogP contribution is 2.22. The average Bonchev–Trinajstić information content (AvgIpc) is 2.71. The lowest BCUT2D eigenvalue weighted by atomic mass is 9.86. The Hall–Kier alpha value is -2.62. The lowest BCUT2D eigenvalue weighted by Crippen LogP contribution is -2.50. The summed E-state index contributed by atoms with van der Waals surface area (Å²) in [5, 5.41) is 5.92. The van der Waals surface area contributed by atoms with E-state index in [0.29, 0.717) is 12.1 Å². The fourth-order valence-corrected chi connectivity index (χ4v) is 3.13. The molecule has 0 fully saturated rings. The fourth-order valence-electron chi connectivity index (χ4n) is 3.13. The Kier molecular flexibility index (Phi) is 8.00. The molecule has 0 aliphatic heterocycles. The molecule has 4 nitrogen and oxygen atoms in total. The van der Waals surface area contributed by atoms with Gasteiger partial charge in [0.25, 0.3) is 5.91 Å². The number of carbonyl (C=O) groups is 2. The molecule has 2 unspecified atom stereocenters. The van der Waals surface area contributed by atoms with Crippen molar-refractivity contribution in [3.05, 3.63) is 71.3 Å². The highest BCUT2D eigenvalue weighted by molar-refractivity contribution is 5.97. The molecule has 2 N–H and O–H groups in total. The summed E-state index contributed by atoms with van der Waals surface area (Å²) in [4.78, 5) is 25.5. The SMILES string of the molecule is CCC(C)C(NC(=O)c1ccc(C(C)(C)C)cc1)C(=O)NCCc1ccccc1. The van der Waals surface area contributed by atoms with Crippen molar-refractivity contribution in [2.24, 2.45) is 5.92 Å². The quantitative estimate of drug-likeness (QED) is 0.693. The van der Waals surface area contributed by atoms with E-state index in [2.05, 4.69) is 31.4 Å². The predicted molar refractivity (Wildman–Crippen MR) is 119 cm³/mol. The Morgan fingerprint density at radius 2 is 1.59 bits per heavy atom. The number of nitrogens with one attached hydrogen (secondary N) is 2. The van der Waals surface area contributed by atoms with Crippen LogP contribution in [0.25, 0.3) is 0 Å². The Bertz CT molecular complexity index is 792. The molecule has 2 aromatic rings. The fraction of sp³-hybridized carbons (Fsp3) is 0.440. The molecular weight excluding hydrogens is 360 g/mol. The van der Waals surface area contributed by atoms with Gasteiger partial charge in [-0.3, -0.25) is 9.59 Å². The maximum atomic E-state index is 12.8. The van der Waals surface area contributed by atoms with Crippen LogP contribution in [-0.4, -0.2) is 24.4 Å². The summed E-state index contributed by atoms with van der Waals surface area (Å²) in [7, 11) is 0. The van der Waals surface area contributed by atoms with Crippen molar-refractivity contribution < 1.29 is 9.59 Å². The summed E-state index contributed by atoms with van der Waals surface area (Å²) in [5.41, 5.74) is 2.96. The van der Waals surface area contributed by atoms with Crippen molar-refractivity contribution in [2.45, 2.75) is 58.9 Å². The van der Waals surface area contributed by atoms with Crippen LogP contribution in [0.2, 0.25) is 0 Å². The third-order valence-electron chi connectivity index (χ3n) is 5.35. The normalized spacial score (nSPS) is 13.4. The van der Waals surface area contributed by atoms with E-state index in [4.69, 9.17) is 0 Å². The van der Waals surface area contributed by atoms with Crippen molar-refractivity contribution >= 4 is 11.8 Å². The minimum Gasteiger partial charge on any atom is -0.354 e. The second kappa shape index (κ2) is 10.2. The second-order valence-corrected chi connectivity index (χ2v) is 8.69. The standard InChI is InChI=1S/C25H34N2O2/c1-6-18(2)22(24(29)26-17-16-19-10-8-7-9-11-19)27-23(28)20-12-14-21(15-13-20)25(3,4)5/h7-15,18,22H,6,16-17H2,1-5H3,(H,26,29)(H,27,28). The monoisotopic (exact) mass is 394 g/mol. The molecule has 0 aromatic heterocycles. The molecule has 0 radical (unpaired) electrons. The first kappa shape index (κ1) is 22.7. The highest BCUT2D eigenvalue weighted by Gasteiger charge is 2.26. The molecule has 29 heavy (non-hydrogen) atoms. The number of benzene rings is 2. The highest BCUT2D eigenvalue weighted by atomic mass is 16.2. The van der Waals surface area contributed by atoms with Gasteiger partial charge >= 0.3 is 0 Å². The summed E-state index contributed by atoms with van der Waals surface area (Å²) in [6.45, 7) is 11.0. The summed E-state index contributed by atoms with van der Waals surface area (Å²) in [6, 6.07) is 17.1. The average molecular weight is 395 g/mol. The van der Waals surface area contributed by atoms with Gasteiger partial charge in [0.15, 0.2) is 0 Å². The Balaban J connectivity index is 1.99. The summed E-state index contributed by atoms with van der Waals surface area (Å²) < 4.78 is 0. The Morgan fingerprint density at radius 1 is 0.966 bits per heavy atom. The van der Waals surface area contributed by atoms with E-state index in [1.165, 1.54) is 11.1 Å². The zero-order valence-electron chi connectivity index (χ0n) is 18.3. The topological polar surface area (TPSA) is 58.2 Å². The number of carbonyl (C=O) groups excluding carboxylic acids is 2. The molecule has 0 bridgehead atoms. The molecule has 0 saturated heterocycles. The first-order chi connectivity index (χ1) is 13.7. The van der Waals surface area contributed by atoms with Gasteiger partial charge in [0.2, 0.25) is 5.91 Å². The summed E-state index contributed by atoms with van der Waals surface area (Å²) in [6.07, 6.45) is 1.57. The molecule has 0 saturated carbocycles. The second-order valence-electron chi connectivity index (χ2n) is 8.69.